The Bertz CT molecular complexity index is 785. The Kier molecular flexibility index (Phi) is 7.92. The van der Waals surface area contributed by atoms with Gasteiger partial charge in [-0.1, -0.05) is 37.2 Å². The van der Waals surface area contributed by atoms with Crippen LogP contribution in [0.4, 0.5) is 0 Å². The Morgan fingerprint density at radius 2 is 2.12 bits per heavy atom. The van der Waals surface area contributed by atoms with E-state index in [4.69, 9.17) is 13.9 Å². The summed E-state index contributed by atoms with van der Waals surface area (Å²) in [7, 11) is -1.85. The van der Waals surface area contributed by atoms with Crippen LogP contribution in [-0.2, 0) is 24.1 Å². The quantitative estimate of drug-likeness (QED) is 0.419. The molecule has 7 nitrogen and oxygen atoms in total. The highest BCUT2D eigenvalue weighted by molar-refractivity contribution is 7.99. The molecule has 1 aromatic carbocycles. The van der Waals surface area contributed by atoms with Crippen molar-refractivity contribution in [2.75, 3.05) is 31.0 Å². The molecule has 0 fully saturated rings. The zero-order chi connectivity index (χ0) is 19.0. The summed E-state index contributed by atoms with van der Waals surface area (Å²) in [5.41, 5.74) is 1.35. The lowest BCUT2D eigenvalue weighted by atomic mass is 10.3. The van der Waals surface area contributed by atoms with E-state index < -0.39 is 21.9 Å². The largest absolute Gasteiger partial charge is 0.458 e. The standard InChI is InChI=1S/C17H23NO6S2/c1-3-4-9-26(20,21)12-13(10-22-2)23-16(19)11-25-17-18-14-7-5-6-8-15(14)24-17/h5-8,13H,3-4,9-12H2,1-2H3. The van der Waals surface area contributed by atoms with Gasteiger partial charge in [0.1, 0.15) is 17.4 Å². The number of thioether (sulfide) groups is 1. The van der Waals surface area contributed by atoms with Gasteiger partial charge in [0.25, 0.3) is 5.22 Å². The lowest BCUT2D eigenvalue weighted by Crippen LogP contribution is -2.32. The fraction of sp³-hybridized carbons (Fsp3) is 0.529. The molecule has 0 spiro atoms. The number of oxazole rings is 1. The molecule has 2 aromatic rings. The summed E-state index contributed by atoms with van der Waals surface area (Å²) >= 11 is 1.10. The second-order valence-electron chi connectivity index (χ2n) is 5.77. The molecule has 144 valence electrons. The number of esters is 1. The number of sulfone groups is 1. The van der Waals surface area contributed by atoms with Crippen molar-refractivity contribution in [3.05, 3.63) is 24.3 Å². The molecule has 1 atom stereocenters. The zero-order valence-electron chi connectivity index (χ0n) is 14.8. The highest BCUT2D eigenvalue weighted by Gasteiger charge is 2.23. The number of nitrogens with zero attached hydrogens (tertiary/aromatic N) is 1. The van der Waals surface area contributed by atoms with Gasteiger partial charge in [0.05, 0.1) is 18.1 Å². The van der Waals surface area contributed by atoms with Crippen LogP contribution in [0, 0.1) is 0 Å². The lowest BCUT2D eigenvalue weighted by Gasteiger charge is -2.17. The van der Waals surface area contributed by atoms with Crippen molar-refractivity contribution >= 4 is 38.7 Å². The predicted molar refractivity (Wildman–Crippen MR) is 100 cm³/mol. The highest BCUT2D eigenvalue weighted by atomic mass is 32.2. The Labute approximate surface area is 157 Å². The number of hydrogen-bond donors (Lipinski definition) is 0. The average molecular weight is 402 g/mol. The van der Waals surface area contributed by atoms with Crippen molar-refractivity contribution in [3.63, 3.8) is 0 Å². The first-order valence-electron chi connectivity index (χ1n) is 8.30. The maximum absolute atomic E-state index is 12.1. The normalized spacial score (nSPS) is 13.0. The second-order valence-corrected chi connectivity index (χ2v) is 8.93. The number of methoxy groups -OCH3 is 1. The lowest BCUT2D eigenvalue weighted by molar-refractivity contribution is -0.146. The van der Waals surface area contributed by atoms with E-state index in [9.17, 15) is 13.2 Å². The second kappa shape index (κ2) is 9.94. The molecule has 0 amide bonds. The topological polar surface area (TPSA) is 95.7 Å². The Morgan fingerprint density at radius 1 is 1.35 bits per heavy atom. The molecule has 0 aliphatic heterocycles. The molecule has 0 aliphatic rings. The summed E-state index contributed by atoms with van der Waals surface area (Å²) < 4.78 is 39.9. The number of carbonyl (C=O) groups is 1. The number of ether oxygens (including phenoxy) is 2. The van der Waals surface area contributed by atoms with E-state index in [1.54, 1.807) is 6.07 Å². The van der Waals surface area contributed by atoms with Gasteiger partial charge >= 0.3 is 5.97 Å². The number of hydrogen-bond acceptors (Lipinski definition) is 8. The summed E-state index contributed by atoms with van der Waals surface area (Å²) in [6, 6.07) is 7.30. The van der Waals surface area contributed by atoms with Gasteiger partial charge in [-0.05, 0) is 18.6 Å². The van der Waals surface area contributed by atoms with Gasteiger partial charge in [-0.15, -0.1) is 0 Å². The first-order valence-corrected chi connectivity index (χ1v) is 11.1. The van der Waals surface area contributed by atoms with Gasteiger partial charge in [0.15, 0.2) is 15.4 Å². The van der Waals surface area contributed by atoms with Crippen LogP contribution in [0.25, 0.3) is 11.1 Å². The first-order chi connectivity index (χ1) is 12.4. The smallest absolute Gasteiger partial charge is 0.316 e. The minimum atomic E-state index is -3.29. The van der Waals surface area contributed by atoms with Crippen LogP contribution in [0.5, 0.6) is 0 Å². The molecule has 2 rings (SSSR count). The molecule has 1 heterocycles. The summed E-state index contributed by atoms with van der Waals surface area (Å²) in [6.45, 7) is 1.95. The third-order valence-corrected chi connectivity index (χ3v) is 6.08. The summed E-state index contributed by atoms with van der Waals surface area (Å²) in [5, 5.41) is 0.363. The third kappa shape index (κ3) is 6.62. The zero-order valence-corrected chi connectivity index (χ0v) is 16.5. The van der Waals surface area contributed by atoms with E-state index in [0.717, 1.165) is 18.2 Å². The van der Waals surface area contributed by atoms with E-state index in [0.29, 0.717) is 22.7 Å². The fourth-order valence-corrected chi connectivity index (χ4v) is 4.53. The number of fused-ring (bicyclic) bond motifs is 1. The Balaban J connectivity index is 1.88. The minimum absolute atomic E-state index is 0.0258. The highest BCUT2D eigenvalue weighted by Crippen LogP contribution is 2.23. The molecule has 0 N–H and O–H groups in total. The van der Waals surface area contributed by atoms with Crippen molar-refractivity contribution in [1.29, 1.82) is 0 Å². The number of para-hydroxylation sites is 2. The number of unbranched alkanes of at least 4 members (excludes halogenated alkanes) is 1. The molecule has 0 radical (unpaired) electrons. The van der Waals surface area contributed by atoms with Gasteiger partial charge in [-0.2, -0.15) is 0 Å². The molecule has 1 unspecified atom stereocenters. The molecule has 9 heteroatoms. The van der Waals surface area contributed by atoms with Crippen molar-refractivity contribution in [2.45, 2.75) is 31.1 Å². The number of rotatable bonds is 11. The van der Waals surface area contributed by atoms with Gasteiger partial charge in [-0.3, -0.25) is 4.79 Å². The summed E-state index contributed by atoms with van der Waals surface area (Å²) in [4.78, 5) is 16.3. The summed E-state index contributed by atoms with van der Waals surface area (Å²) in [5.74, 6) is -0.717. The van der Waals surface area contributed by atoms with Crippen molar-refractivity contribution in [1.82, 2.24) is 4.98 Å². The van der Waals surface area contributed by atoms with Crippen LogP contribution in [-0.4, -0.2) is 56.5 Å². The third-order valence-electron chi connectivity index (χ3n) is 3.49. The van der Waals surface area contributed by atoms with E-state index in [2.05, 4.69) is 4.98 Å². The number of aromatic nitrogens is 1. The van der Waals surface area contributed by atoms with Gasteiger partial charge < -0.3 is 13.9 Å². The van der Waals surface area contributed by atoms with Crippen molar-refractivity contribution < 1.29 is 27.1 Å². The fourth-order valence-electron chi connectivity index (χ4n) is 2.29. The molecule has 0 saturated carbocycles. The minimum Gasteiger partial charge on any atom is -0.458 e. The van der Waals surface area contributed by atoms with Crippen LogP contribution in [0.2, 0.25) is 0 Å². The first kappa shape index (κ1) is 20.7. The molecule has 0 aliphatic carbocycles. The average Bonchev–Trinajstić information content (AvgIpc) is 3.01. The maximum atomic E-state index is 12.1. The van der Waals surface area contributed by atoms with Gasteiger partial charge in [0.2, 0.25) is 0 Å². The van der Waals surface area contributed by atoms with Gasteiger partial charge in [-0.25, -0.2) is 13.4 Å². The van der Waals surface area contributed by atoms with Gasteiger partial charge in [0, 0.05) is 7.11 Å². The molecule has 0 saturated heterocycles. The van der Waals surface area contributed by atoms with E-state index >= 15 is 0 Å². The Hall–Kier alpha value is -1.58. The number of carbonyl (C=O) groups excluding carboxylic acids is 1. The maximum Gasteiger partial charge on any atom is 0.316 e. The van der Waals surface area contributed by atoms with E-state index in [-0.39, 0.29) is 23.9 Å². The van der Waals surface area contributed by atoms with Crippen molar-refractivity contribution in [2.24, 2.45) is 0 Å². The van der Waals surface area contributed by atoms with E-state index in [1.807, 2.05) is 25.1 Å². The van der Waals surface area contributed by atoms with Crippen LogP contribution in [0.15, 0.2) is 33.9 Å². The SMILES string of the molecule is CCCCS(=O)(=O)CC(COC)OC(=O)CSc1nc2ccccc2o1. The predicted octanol–water partition coefficient (Wildman–Crippen LogP) is 2.69. The van der Waals surface area contributed by atoms with E-state index in [1.165, 1.54) is 7.11 Å². The van der Waals surface area contributed by atoms with Crippen LogP contribution < -0.4 is 0 Å². The molecule has 0 bridgehead atoms. The monoisotopic (exact) mass is 401 g/mol. The number of benzene rings is 1. The molecular weight excluding hydrogens is 378 g/mol. The van der Waals surface area contributed by atoms with Crippen LogP contribution in [0.3, 0.4) is 0 Å². The molecule has 1 aromatic heterocycles. The van der Waals surface area contributed by atoms with Crippen molar-refractivity contribution in [3.8, 4) is 0 Å². The Morgan fingerprint density at radius 3 is 2.81 bits per heavy atom. The summed E-state index contributed by atoms with van der Waals surface area (Å²) in [6.07, 6.45) is 0.553. The van der Waals surface area contributed by atoms with Crippen LogP contribution >= 0.6 is 11.8 Å². The van der Waals surface area contributed by atoms with Crippen LogP contribution in [0.1, 0.15) is 19.8 Å². The molecular formula is C17H23NO6S2. The molecule has 26 heavy (non-hydrogen) atoms.